The Bertz CT molecular complexity index is 467. The highest BCUT2D eigenvalue weighted by atomic mass is 15.2. The first kappa shape index (κ1) is 15.1. The van der Waals surface area contributed by atoms with E-state index >= 15 is 0 Å². The Labute approximate surface area is 129 Å². The van der Waals surface area contributed by atoms with E-state index in [2.05, 4.69) is 43.4 Å². The summed E-state index contributed by atoms with van der Waals surface area (Å²) >= 11 is 0. The molecule has 3 rings (SSSR count). The third-order valence-electron chi connectivity index (χ3n) is 5.73. The number of fused-ring (bicyclic) bond motifs is 1. The van der Waals surface area contributed by atoms with Gasteiger partial charge in [-0.2, -0.15) is 0 Å². The number of likely N-dealkylation sites (tertiary alicyclic amines) is 1. The first-order chi connectivity index (χ1) is 10.1. The van der Waals surface area contributed by atoms with Crippen LogP contribution >= 0.6 is 0 Å². The third kappa shape index (κ3) is 3.03. The van der Waals surface area contributed by atoms with Gasteiger partial charge < -0.3 is 9.47 Å². The number of aromatic nitrogens is 2. The maximum atomic E-state index is 4.83. The molecule has 0 aliphatic carbocycles. The van der Waals surface area contributed by atoms with Crippen LogP contribution in [0, 0.1) is 11.8 Å². The van der Waals surface area contributed by atoms with Crippen LogP contribution in [0.2, 0.25) is 0 Å². The van der Waals surface area contributed by atoms with Crippen LogP contribution in [0.5, 0.6) is 0 Å². The molecule has 0 spiro atoms. The van der Waals surface area contributed by atoms with Crippen LogP contribution in [0.25, 0.3) is 0 Å². The van der Waals surface area contributed by atoms with Gasteiger partial charge in [0.1, 0.15) is 5.82 Å². The molecule has 0 N–H and O–H groups in total. The van der Waals surface area contributed by atoms with Crippen molar-refractivity contribution in [1.82, 2.24) is 14.5 Å². The smallest absolute Gasteiger partial charge is 0.112 e. The molecule has 1 aromatic rings. The van der Waals surface area contributed by atoms with E-state index in [0.29, 0.717) is 12.0 Å². The fraction of sp³-hybridized carbons (Fsp3) is 0.833. The lowest BCUT2D eigenvalue weighted by molar-refractivity contribution is 0.167. The summed E-state index contributed by atoms with van der Waals surface area (Å²) in [5.41, 5.74) is 1.49. The average molecular weight is 289 g/mol. The minimum Gasteiger partial charge on any atom is -0.332 e. The van der Waals surface area contributed by atoms with Gasteiger partial charge in [0.15, 0.2) is 0 Å². The Morgan fingerprint density at radius 3 is 2.38 bits per heavy atom. The Morgan fingerprint density at radius 2 is 1.76 bits per heavy atom. The van der Waals surface area contributed by atoms with Gasteiger partial charge in [0.2, 0.25) is 0 Å². The number of piperidine rings is 1. The van der Waals surface area contributed by atoms with Crippen LogP contribution in [-0.4, -0.2) is 33.6 Å². The minimum atomic E-state index is 0.685. The lowest BCUT2D eigenvalue weighted by Crippen LogP contribution is -2.38. The number of imidazole rings is 1. The molecule has 0 amide bonds. The van der Waals surface area contributed by atoms with Crippen LogP contribution in [0.3, 0.4) is 0 Å². The van der Waals surface area contributed by atoms with Gasteiger partial charge in [-0.15, -0.1) is 0 Å². The molecule has 2 aliphatic rings. The normalized spacial score (nSPS) is 24.8. The number of nitrogens with zero attached hydrogens (tertiary/aromatic N) is 3. The number of hydrogen-bond donors (Lipinski definition) is 0. The van der Waals surface area contributed by atoms with Crippen molar-refractivity contribution in [2.45, 2.75) is 71.9 Å². The maximum absolute atomic E-state index is 4.83. The van der Waals surface area contributed by atoms with Crippen molar-refractivity contribution in [3.05, 3.63) is 17.7 Å². The van der Waals surface area contributed by atoms with Gasteiger partial charge in [-0.1, -0.05) is 13.8 Å². The Hall–Kier alpha value is -0.830. The first-order valence-corrected chi connectivity index (χ1v) is 8.84. The second kappa shape index (κ2) is 6.12. The van der Waals surface area contributed by atoms with Gasteiger partial charge >= 0.3 is 0 Å². The predicted octanol–water partition coefficient (Wildman–Crippen LogP) is 3.69. The zero-order valence-corrected chi connectivity index (χ0v) is 14.2. The summed E-state index contributed by atoms with van der Waals surface area (Å²) < 4.78 is 2.55. The number of rotatable bonds is 3. The second-order valence-corrected chi connectivity index (χ2v) is 7.66. The molecule has 0 saturated carbocycles. The summed E-state index contributed by atoms with van der Waals surface area (Å²) in [7, 11) is 0. The van der Waals surface area contributed by atoms with E-state index in [4.69, 9.17) is 4.98 Å². The van der Waals surface area contributed by atoms with Crippen LogP contribution in [0.1, 0.15) is 64.4 Å². The van der Waals surface area contributed by atoms with Crippen LogP contribution in [0.4, 0.5) is 0 Å². The third-order valence-corrected chi connectivity index (χ3v) is 5.73. The van der Waals surface area contributed by atoms with Gasteiger partial charge in [-0.25, -0.2) is 4.98 Å². The highest BCUT2D eigenvalue weighted by molar-refractivity contribution is 5.13. The molecule has 1 saturated heterocycles. The van der Waals surface area contributed by atoms with Crippen molar-refractivity contribution in [3.63, 3.8) is 0 Å². The largest absolute Gasteiger partial charge is 0.332 e. The standard InChI is InChI=1S/C18H31N3/c1-13(2)16-7-10-21-17(11-16)12-19-18(21)15-5-8-20(9-6-15)14(3)4/h12-16H,5-11H2,1-4H3. The topological polar surface area (TPSA) is 21.1 Å². The van der Waals surface area contributed by atoms with Crippen molar-refractivity contribution in [1.29, 1.82) is 0 Å². The van der Waals surface area contributed by atoms with Crippen LogP contribution in [-0.2, 0) is 13.0 Å². The summed E-state index contributed by atoms with van der Waals surface area (Å²) in [5.74, 6) is 3.72. The Balaban J connectivity index is 1.69. The van der Waals surface area contributed by atoms with E-state index in [0.717, 1.165) is 11.8 Å². The molecule has 0 bridgehead atoms. The molecule has 3 heteroatoms. The van der Waals surface area contributed by atoms with E-state index in [1.165, 1.54) is 56.8 Å². The molecular weight excluding hydrogens is 258 g/mol. The molecule has 21 heavy (non-hydrogen) atoms. The van der Waals surface area contributed by atoms with E-state index in [1.54, 1.807) is 0 Å². The molecule has 1 aromatic heterocycles. The molecule has 3 nitrogen and oxygen atoms in total. The Morgan fingerprint density at radius 1 is 1.05 bits per heavy atom. The van der Waals surface area contributed by atoms with Gasteiger partial charge in [-0.05, 0) is 64.5 Å². The molecule has 3 heterocycles. The molecular formula is C18H31N3. The van der Waals surface area contributed by atoms with E-state index in [9.17, 15) is 0 Å². The summed E-state index contributed by atoms with van der Waals surface area (Å²) in [5, 5.41) is 0. The maximum Gasteiger partial charge on any atom is 0.112 e. The van der Waals surface area contributed by atoms with E-state index in [-0.39, 0.29) is 0 Å². The second-order valence-electron chi connectivity index (χ2n) is 7.66. The summed E-state index contributed by atoms with van der Waals surface area (Å²) in [6.45, 7) is 13.0. The van der Waals surface area contributed by atoms with Crippen molar-refractivity contribution in [3.8, 4) is 0 Å². The quantitative estimate of drug-likeness (QED) is 0.846. The summed E-state index contributed by atoms with van der Waals surface area (Å²) in [6, 6.07) is 0.687. The number of hydrogen-bond acceptors (Lipinski definition) is 2. The Kier molecular flexibility index (Phi) is 4.39. The van der Waals surface area contributed by atoms with Crippen molar-refractivity contribution in [2.24, 2.45) is 11.8 Å². The van der Waals surface area contributed by atoms with Crippen molar-refractivity contribution >= 4 is 0 Å². The SMILES string of the molecule is CC(C)C1CCn2c(cnc2C2CCN(C(C)C)CC2)C1. The lowest BCUT2D eigenvalue weighted by Gasteiger charge is -2.35. The van der Waals surface area contributed by atoms with Gasteiger partial charge in [0.25, 0.3) is 0 Å². The molecule has 118 valence electrons. The van der Waals surface area contributed by atoms with Crippen molar-refractivity contribution < 1.29 is 0 Å². The average Bonchev–Trinajstić information content (AvgIpc) is 2.90. The highest BCUT2D eigenvalue weighted by Crippen LogP contribution is 2.33. The molecule has 2 aliphatic heterocycles. The van der Waals surface area contributed by atoms with E-state index in [1.807, 2.05) is 0 Å². The summed E-state index contributed by atoms with van der Waals surface area (Å²) in [4.78, 5) is 7.43. The molecule has 1 atom stereocenters. The fourth-order valence-corrected chi connectivity index (χ4v) is 4.08. The van der Waals surface area contributed by atoms with Crippen LogP contribution in [0.15, 0.2) is 6.20 Å². The predicted molar refractivity (Wildman–Crippen MR) is 87.6 cm³/mol. The molecule has 1 unspecified atom stereocenters. The lowest BCUT2D eigenvalue weighted by atomic mass is 9.86. The van der Waals surface area contributed by atoms with Gasteiger partial charge in [-0.3, -0.25) is 0 Å². The van der Waals surface area contributed by atoms with E-state index < -0.39 is 0 Å². The zero-order valence-electron chi connectivity index (χ0n) is 14.2. The van der Waals surface area contributed by atoms with Gasteiger partial charge in [0, 0.05) is 30.4 Å². The first-order valence-electron chi connectivity index (χ1n) is 8.84. The molecule has 0 radical (unpaired) electrons. The zero-order chi connectivity index (χ0) is 15.0. The fourth-order valence-electron chi connectivity index (χ4n) is 4.08. The van der Waals surface area contributed by atoms with Crippen molar-refractivity contribution in [2.75, 3.05) is 13.1 Å². The minimum absolute atomic E-state index is 0.685. The monoisotopic (exact) mass is 289 g/mol. The molecule has 0 aromatic carbocycles. The highest BCUT2D eigenvalue weighted by Gasteiger charge is 2.29. The van der Waals surface area contributed by atoms with Crippen LogP contribution < -0.4 is 0 Å². The molecule has 1 fully saturated rings. The van der Waals surface area contributed by atoms with Gasteiger partial charge in [0.05, 0.1) is 0 Å². The summed E-state index contributed by atoms with van der Waals surface area (Å²) in [6.07, 6.45) is 7.29.